The summed E-state index contributed by atoms with van der Waals surface area (Å²) in [4.78, 5) is 11.8. The quantitative estimate of drug-likeness (QED) is 0.494. The fourth-order valence-corrected chi connectivity index (χ4v) is 2.12. The largest absolute Gasteiger partial charge is 0.454 e. The zero-order chi connectivity index (χ0) is 13.4. The first-order valence-corrected chi connectivity index (χ1v) is 7.16. The van der Waals surface area contributed by atoms with E-state index in [1.807, 2.05) is 25.2 Å². The first-order chi connectivity index (χ1) is 8.58. The molecule has 0 aromatic rings. The van der Waals surface area contributed by atoms with E-state index in [0.717, 1.165) is 12.8 Å². The molecule has 0 amide bonds. The fourth-order valence-electron chi connectivity index (χ4n) is 2.12. The third-order valence-electron chi connectivity index (χ3n) is 3.66. The van der Waals surface area contributed by atoms with Gasteiger partial charge >= 0.3 is 5.97 Å². The van der Waals surface area contributed by atoms with E-state index in [1.165, 1.54) is 19.3 Å². The van der Waals surface area contributed by atoms with Gasteiger partial charge in [0.2, 0.25) is 0 Å². The Bertz CT molecular complexity index is 317. The zero-order valence-corrected chi connectivity index (χ0v) is 11.9. The average Bonchev–Trinajstić information content (AvgIpc) is 2.33. The molecular weight excluding hydrogens is 224 g/mol. The van der Waals surface area contributed by atoms with Gasteiger partial charge in [0.05, 0.1) is 0 Å². The van der Waals surface area contributed by atoms with Crippen LogP contribution in [0, 0.1) is 5.92 Å². The van der Waals surface area contributed by atoms with E-state index >= 15 is 0 Å². The van der Waals surface area contributed by atoms with Gasteiger partial charge in [0, 0.05) is 12.3 Å². The Labute approximate surface area is 111 Å². The number of unbranched alkanes of at least 4 members (excludes halogenated alkanes) is 4. The third kappa shape index (κ3) is 4.67. The molecule has 0 N–H and O–H groups in total. The number of esters is 1. The van der Waals surface area contributed by atoms with Crippen molar-refractivity contribution < 1.29 is 9.53 Å². The van der Waals surface area contributed by atoms with Crippen molar-refractivity contribution in [3.05, 3.63) is 24.3 Å². The van der Waals surface area contributed by atoms with Crippen LogP contribution in [-0.4, -0.2) is 11.6 Å². The van der Waals surface area contributed by atoms with Gasteiger partial charge in [0.25, 0.3) is 0 Å². The molecule has 1 aliphatic rings. The van der Waals surface area contributed by atoms with Crippen LogP contribution in [0.1, 0.15) is 59.3 Å². The van der Waals surface area contributed by atoms with Gasteiger partial charge in [-0.25, -0.2) is 0 Å². The number of carbonyl (C=O) groups excluding carboxylic acids is 1. The highest BCUT2D eigenvalue weighted by atomic mass is 16.6. The second kappa shape index (κ2) is 7.40. The SMILES string of the molecule is CCCCCCCC(=O)OC1(C)C=CC=CC1C. The topological polar surface area (TPSA) is 26.3 Å². The minimum Gasteiger partial charge on any atom is -0.454 e. The Hall–Kier alpha value is -1.05. The Morgan fingerprint density at radius 3 is 2.61 bits per heavy atom. The van der Waals surface area contributed by atoms with Crippen LogP contribution in [0.25, 0.3) is 0 Å². The van der Waals surface area contributed by atoms with Crippen molar-refractivity contribution >= 4 is 5.97 Å². The van der Waals surface area contributed by atoms with Crippen LogP contribution in [0.4, 0.5) is 0 Å². The Kier molecular flexibility index (Phi) is 6.17. The van der Waals surface area contributed by atoms with Crippen LogP contribution in [0.3, 0.4) is 0 Å². The van der Waals surface area contributed by atoms with Crippen molar-refractivity contribution in [2.45, 2.75) is 64.9 Å². The maximum absolute atomic E-state index is 11.8. The van der Waals surface area contributed by atoms with Crippen molar-refractivity contribution in [3.8, 4) is 0 Å². The molecule has 2 heteroatoms. The Morgan fingerprint density at radius 2 is 1.94 bits per heavy atom. The summed E-state index contributed by atoms with van der Waals surface area (Å²) < 4.78 is 5.62. The molecule has 0 aromatic carbocycles. The predicted octanol–water partition coefficient (Wildman–Crippen LogP) is 4.41. The molecule has 2 unspecified atom stereocenters. The van der Waals surface area contributed by atoms with E-state index in [-0.39, 0.29) is 11.9 Å². The Morgan fingerprint density at radius 1 is 1.22 bits per heavy atom. The van der Waals surface area contributed by atoms with Crippen molar-refractivity contribution in [2.75, 3.05) is 0 Å². The highest BCUT2D eigenvalue weighted by Crippen LogP contribution is 2.28. The second-order valence-corrected chi connectivity index (χ2v) is 5.35. The first kappa shape index (κ1) is 15.0. The van der Waals surface area contributed by atoms with E-state index in [4.69, 9.17) is 4.74 Å². The number of ether oxygens (including phenoxy) is 1. The number of allylic oxidation sites excluding steroid dienone is 2. The lowest BCUT2D eigenvalue weighted by Crippen LogP contribution is -2.36. The molecule has 0 aromatic heterocycles. The molecule has 0 heterocycles. The van der Waals surface area contributed by atoms with Crippen LogP contribution in [0.15, 0.2) is 24.3 Å². The molecule has 18 heavy (non-hydrogen) atoms. The summed E-state index contributed by atoms with van der Waals surface area (Å²) in [5.74, 6) is 0.173. The average molecular weight is 250 g/mol. The molecule has 0 radical (unpaired) electrons. The van der Waals surface area contributed by atoms with E-state index in [2.05, 4.69) is 19.9 Å². The van der Waals surface area contributed by atoms with Crippen molar-refractivity contribution in [2.24, 2.45) is 5.92 Å². The third-order valence-corrected chi connectivity index (χ3v) is 3.66. The van der Waals surface area contributed by atoms with Gasteiger partial charge in [-0.1, -0.05) is 57.8 Å². The second-order valence-electron chi connectivity index (χ2n) is 5.35. The van der Waals surface area contributed by atoms with Gasteiger partial charge in [0.15, 0.2) is 0 Å². The summed E-state index contributed by atoms with van der Waals surface area (Å²) in [7, 11) is 0. The lowest BCUT2D eigenvalue weighted by Gasteiger charge is -2.32. The van der Waals surface area contributed by atoms with Gasteiger partial charge in [-0.3, -0.25) is 4.79 Å². The van der Waals surface area contributed by atoms with Gasteiger partial charge in [0.1, 0.15) is 5.60 Å². The monoisotopic (exact) mass is 250 g/mol. The maximum atomic E-state index is 11.8. The molecule has 0 spiro atoms. The van der Waals surface area contributed by atoms with Crippen LogP contribution < -0.4 is 0 Å². The van der Waals surface area contributed by atoms with E-state index < -0.39 is 5.60 Å². The van der Waals surface area contributed by atoms with Crippen molar-refractivity contribution in [3.63, 3.8) is 0 Å². The van der Waals surface area contributed by atoms with E-state index in [0.29, 0.717) is 6.42 Å². The number of carbonyl (C=O) groups is 1. The molecule has 0 saturated heterocycles. The number of hydrogen-bond donors (Lipinski definition) is 0. The summed E-state index contributed by atoms with van der Waals surface area (Å²) in [5.41, 5.74) is -0.463. The standard InChI is InChI=1S/C16H26O2/c1-4-5-6-7-8-12-15(17)18-16(3)13-10-9-11-14(16)2/h9-11,13-14H,4-8,12H2,1-3H3. The molecule has 0 saturated carbocycles. The summed E-state index contributed by atoms with van der Waals surface area (Å²) in [6, 6.07) is 0. The van der Waals surface area contributed by atoms with Gasteiger partial charge in [-0.05, 0) is 19.4 Å². The summed E-state index contributed by atoms with van der Waals surface area (Å²) in [6.07, 6.45) is 14.4. The Balaban J connectivity index is 2.27. The molecule has 102 valence electrons. The van der Waals surface area contributed by atoms with Gasteiger partial charge in [-0.15, -0.1) is 0 Å². The lowest BCUT2D eigenvalue weighted by atomic mass is 9.87. The molecular formula is C16H26O2. The van der Waals surface area contributed by atoms with Gasteiger partial charge in [-0.2, -0.15) is 0 Å². The van der Waals surface area contributed by atoms with Gasteiger partial charge < -0.3 is 4.74 Å². The van der Waals surface area contributed by atoms with Crippen LogP contribution in [-0.2, 0) is 9.53 Å². The molecule has 0 bridgehead atoms. The summed E-state index contributed by atoms with van der Waals surface area (Å²) in [5, 5.41) is 0. The van der Waals surface area contributed by atoms with Crippen LogP contribution >= 0.6 is 0 Å². The maximum Gasteiger partial charge on any atom is 0.306 e. The minimum atomic E-state index is -0.463. The predicted molar refractivity (Wildman–Crippen MR) is 75.3 cm³/mol. The number of rotatable bonds is 7. The molecule has 1 aliphatic carbocycles. The molecule has 2 atom stereocenters. The van der Waals surface area contributed by atoms with Crippen LogP contribution in [0.5, 0.6) is 0 Å². The highest BCUT2D eigenvalue weighted by Gasteiger charge is 2.32. The molecule has 0 fully saturated rings. The summed E-state index contributed by atoms with van der Waals surface area (Å²) >= 11 is 0. The smallest absolute Gasteiger partial charge is 0.306 e. The molecule has 2 nitrogen and oxygen atoms in total. The van der Waals surface area contributed by atoms with Crippen molar-refractivity contribution in [1.82, 2.24) is 0 Å². The van der Waals surface area contributed by atoms with E-state index in [1.54, 1.807) is 0 Å². The normalized spacial score (nSPS) is 26.3. The minimum absolute atomic E-state index is 0.0687. The molecule has 1 rings (SSSR count). The lowest BCUT2D eigenvalue weighted by molar-refractivity contribution is -0.156. The summed E-state index contributed by atoms with van der Waals surface area (Å²) in [6.45, 7) is 6.25. The zero-order valence-electron chi connectivity index (χ0n) is 11.9. The highest BCUT2D eigenvalue weighted by molar-refractivity contribution is 5.70. The van der Waals surface area contributed by atoms with E-state index in [9.17, 15) is 4.79 Å². The molecule has 0 aliphatic heterocycles. The fraction of sp³-hybridized carbons (Fsp3) is 0.688. The van der Waals surface area contributed by atoms with Crippen molar-refractivity contribution in [1.29, 1.82) is 0 Å². The first-order valence-electron chi connectivity index (χ1n) is 7.16. The van der Waals surface area contributed by atoms with Crippen LogP contribution in [0.2, 0.25) is 0 Å². The number of hydrogen-bond acceptors (Lipinski definition) is 2.